The summed E-state index contributed by atoms with van der Waals surface area (Å²) in [6, 6.07) is 8.97. The van der Waals surface area contributed by atoms with Crippen molar-refractivity contribution in [3.05, 3.63) is 35.4 Å². The van der Waals surface area contributed by atoms with Gasteiger partial charge in [0, 0.05) is 6.54 Å². The maximum Gasteiger partial charge on any atom is 0.00144 e. The molecule has 0 spiro atoms. The van der Waals surface area contributed by atoms with Crippen LogP contribution in [0.5, 0.6) is 0 Å². The topological polar surface area (TPSA) is 12.0 Å². The number of hydrogen-bond acceptors (Lipinski definition) is 1. The molecule has 14 heavy (non-hydrogen) atoms. The van der Waals surface area contributed by atoms with Crippen LogP contribution in [0.2, 0.25) is 0 Å². The molecular weight excluding hydrogens is 170 g/mol. The summed E-state index contributed by atoms with van der Waals surface area (Å²) >= 11 is 0. The fourth-order valence-corrected chi connectivity index (χ4v) is 2.94. The Bertz CT molecular complexity index is 358. The maximum atomic E-state index is 3.50. The molecule has 2 unspecified atom stereocenters. The van der Waals surface area contributed by atoms with Crippen molar-refractivity contribution in [1.29, 1.82) is 0 Å². The highest BCUT2D eigenvalue weighted by Gasteiger charge is 2.56. The highest BCUT2D eigenvalue weighted by Crippen LogP contribution is 2.56. The molecule has 74 valence electrons. The van der Waals surface area contributed by atoms with Gasteiger partial charge in [-0.1, -0.05) is 29.8 Å². The lowest BCUT2D eigenvalue weighted by Gasteiger charge is -2.11. The van der Waals surface area contributed by atoms with E-state index in [1.165, 1.54) is 37.1 Å². The Labute approximate surface area is 85.5 Å². The molecule has 0 amide bonds. The summed E-state index contributed by atoms with van der Waals surface area (Å²) in [5, 5.41) is 3.50. The monoisotopic (exact) mass is 187 g/mol. The maximum absolute atomic E-state index is 3.50. The van der Waals surface area contributed by atoms with Crippen molar-refractivity contribution >= 4 is 0 Å². The van der Waals surface area contributed by atoms with Crippen LogP contribution < -0.4 is 5.32 Å². The fraction of sp³-hybridized carbons (Fsp3) is 0.538. The van der Waals surface area contributed by atoms with Crippen molar-refractivity contribution < 1.29 is 0 Å². The molecule has 1 saturated carbocycles. The molecule has 1 aliphatic heterocycles. The van der Waals surface area contributed by atoms with Crippen LogP contribution in [0.3, 0.4) is 0 Å². The van der Waals surface area contributed by atoms with Gasteiger partial charge in [0.1, 0.15) is 0 Å². The third kappa shape index (κ3) is 1.27. The van der Waals surface area contributed by atoms with Crippen LogP contribution in [0.1, 0.15) is 17.5 Å². The lowest BCUT2D eigenvalue weighted by atomic mass is 9.95. The summed E-state index contributed by atoms with van der Waals surface area (Å²) in [5.74, 6) is 0.975. The molecule has 1 aromatic carbocycles. The zero-order chi connectivity index (χ0) is 9.60. The van der Waals surface area contributed by atoms with Gasteiger partial charge in [-0.05, 0) is 43.2 Å². The van der Waals surface area contributed by atoms with Gasteiger partial charge in [-0.2, -0.15) is 0 Å². The zero-order valence-electron chi connectivity index (χ0n) is 8.72. The lowest BCUT2D eigenvalue weighted by Crippen LogP contribution is -2.17. The molecule has 1 N–H and O–H groups in total. The Hall–Kier alpha value is -0.820. The van der Waals surface area contributed by atoms with Crippen LogP contribution in [0.15, 0.2) is 24.3 Å². The quantitative estimate of drug-likeness (QED) is 0.748. The molecule has 2 aliphatic rings. The van der Waals surface area contributed by atoms with Crippen LogP contribution >= 0.6 is 0 Å². The van der Waals surface area contributed by atoms with E-state index in [1.54, 1.807) is 0 Å². The minimum absolute atomic E-state index is 0.647. The third-order valence-corrected chi connectivity index (χ3v) is 3.87. The van der Waals surface area contributed by atoms with Crippen LogP contribution in [-0.2, 0) is 6.42 Å². The van der Waals surface area contributed by atoms with E-state index in [1.807, 2.05) is 0 Å². The predicted octanol–water partition coefficient (Wildman–Crippen LogP) is 2.15. The molecule has 1 saturated heterocycles. The van der Waals surface area contributed by atoms with Crippen molar-refractivity contribution in [3.8, 4) is 0 Å². The summed E-state index contributed by atoms with van der Waals surface area (Å²) < 4.78 is 0. The van der Waals surface area contributed by atoms with E-state index >= 15 is 0 Å². The second-order valence-electron chi connectivity index (χ2n) is 5.06. The standard InChI is InChI=1S/C13H17N/c1-10-3-2-4-11(5-10)6-13-7-12(13)8-14-9-13/h2-5,12,14H,6-9H2,1H3. The molecule has 1 aliphatic carbocycles. The molecule has 0 bridgehead atoms. The van der Waals surface area contributed by atoms with E-state index in [4.69, 9.17) is 0 Å². The first-order valence-electron chi connectivity index (χ1n) is 5.55. The average Bonchev–Trinajstić information content (AvgIpc) is 2.67. The first-order chi connectivity index (χ1) is 6.78. The lowest BCUT2D eigenvalue weighted by molar-refractivity contribution is 0.512. The van der Waals surface area contributed by atoms with E-state index in [2.05, 4.69) is 36.5 Å². The zero-order valence-corrected chi connectivity index (χ0v) is 8.72. The predicted molar refractivity (Wildman–Crippen MR) is 58.3 cm³/mol. The number of fused-ring (bicyclic) bond motifs is 1. The van der Waals surface area contributed by atoms with E-state index in [0.717, 1.165) is 5.92 Å². The van der Waals surface area contributed by atoms with Gasteiger partial charge in [0.25, 0.3) is 0 Å². The Morgan fingerprint density at radius 2 is 2.43 bits per heavy atom. The summed E-state index contributed by atoms with van der Waals surface area (Å²) in [5.41, 5.74) is 3.56. The van der Waals surface area contributed by atoms with E-state index < -0.39 is 0 Å². The van der Waals surface area contributed by atoms with Crippen molar-refractivity contribution in [3.63, 3.8) is 0 Å². The van der Waals surface area contributed by atoms with Gasteiger partial charge in [-0.15, -0.1) is 0 Å². The first-order valence-corrected chi connectivity index (χ1v) is 5.55. The molecule has 1 nitrogen and oxygen atoms in total. The number of hydrogen-bond donors (Lipinski definition) is 1. The Kier molecular flexibility index (Phi) is 1.72. The number of rotatable bonds is 2. The molecule has 2 fully saturated rings. The molecular formula is C13H17N. The Morgan fingerprint density at radius 1 is 1.50 bits per heavy atom. The summed E-state index contributed by atoms with van der Waals surface area (Å²) in [6.07, 6.45) is 2.74. The minimum atomic E-state index is 0.647. The minimum Gasteiger partial charge on any atom is -0.316 e. The van der Waals surface area contributed by atoms with E-state index in [-0.39, 0.29) is 0 Å². The highest BCUT2D eigenvalue weighted by atomic mass is 15.0. The number of piperidine rings is 1. The highest BCUT2D eigenvalue weighted by molar-refractivity contribution is 5.26. The molecule has 1 heteroatoms. The van der Waals surface area contributed by atoms with Crippen molar-refractivity contribution in [2.75, 3.05) is 13.1 Å². The first kappa shape index (κ1) is 8.49. The van der Waals surface area contributed by atoms with Crippen LogP contribution in [-0.4, -0.2) is 13.1 Å². The smallest absolute Gasteiger partial charge is 0.00144 e. The van der Waals surface area contributed by atoms with Crippen LogP contribution in [0, 0.1) is 18.3 Å². The van der Waals surface area contributed by atoms with Gasteiger partial charge in [0.05, 0.1) is 0 Å². The third-order valence-electron chi connectivity index (χ3n) is 3.87. The fourth-order valence-electron chi connectivity index (χ4n) is 2.94. The molecule has 1 aromatic rings. The van der Waals surface area contributed by atoms with Crippen LogP contribution in [0.4, 0.5) is 0 Å². The molecule has 3 rings (SSSR count). The second-order valence-corrected chi connectivity index (χ2v) is 5.06. The number of nitrogens with one attached hydrogen (secondary N) is 1. The summed E-state index contributed by atoms with van der Waals surface area (Å²) in [7, 11) is 0. The van der Waals surface area contributed by atoms with Crippen molar-refractivity contribution in [1.82, 2.24) is 5.32 Å². The van der Waals surface area contributed by atoms with Crippen LogP contribution in [0.25, 0.3) is 0 Å². The van der Waals surface area contributed by atoms with Gasteiger partial charge in [-0.25, -0.2) is 0 Å². The van der Waals surface area contributed by atoms with Gasteiger partial charge in [-0.3, -0.25) is 0 Å². The average molecular weight is 187 g/mol. The normalized spacial score (nSPS) is 34.2. The second kappa shape index (κ2) is 2.83. The largest absolute Gasteiger partial charge is 0.316 e. The van der Waals surface area contributed by atoms with E-state index in [0.29, 0.717) is 5.41 Å². The Morgan fingerprint density at radius 3 is 3.07 bits per heavy atom. The van der Waals surface area contributed by atoms with Gasteiger partial charge in [0.15, 0.2) is 0 Å². The SMILES string of the molecule is Cc1cccc(CC23CNCC2C3)c1. The molecule has 0 aromatic heterocycles. The number of benzene rings is 1. The summed E-state index contributed by atoms with van der Waals surface area (Å²) in [4.78, 5) is 0. The van der Waals surface area contributed by atoms with Gasteiger partial charge in [0.2, 0.25) is 0 Å². The molecule has 0 radical (unpaired) electrons. The Balaban J connectivity index is 1.79. The molecule has 1 heterocycles. The van der Waals surface area contributed by atoms with Crippen molar-refractivity contribution in [2.45, 2.75) is 19.8 Å². The summed E-state index contributed by atoms with van der Waals surface area (Å²) in [6.45, 7) is 4.68. The van der Waals surface area contributed by atoms with E-state index in [9.17, 15) is 0 Å². The van der Waals surface area contributed by atoms with Gasteiger partial charge >= 0.3 is 0 Å². The molecule has 2 atom stereocenters. The number of aryl methyl sites for hydroxylation is 1. The van der Waals surface area contributed by atoms with Crippen molar-refractivity contribution in [2.24, 2.45) is 11.3 Å². The van der Waals surface area contributed by atoms with Gasteiger partial charge < -0.3 is 5.32 Å².